The number of pyridine rings is 2. The van der Waals surface area contributed by atoms with Crippen molar-refractivity contribution in [3.8, 4) is 11.3 Å². The summed E-state index contributed by atoms with van der Waals surface area (Å²) in [7, 11) is 0. The molecule has 0 saturated carbocycles. The number of hydrogen-bond donors (Lipinski definition) is 2. The highest BCUT2D eigenvalue weighted by molar-refractivity contribution is 7.08. The first-order chi connectivity index (χ1) is 14.0. The van der Waals surface area contributed by atoms with Gasteiger partial charge >= 0.3 is 0 Å². The summed E-state index contributed by atoms with van der Waals surface area (Å²) in [6, 6.07) is 5.75. The van der Waals surface area contributed by atoms with Crippen LogP contribution in [0.25, 0.3) is 11.3 Å². The fourth-order valence-corrected chi connectivity index (χ4v) is 4.66. The molecule has 1 aliphatic heterocycles. The Kier molecular flexibility index (Phi) is 5.60. The fourth-order valence-electron chi connectivity index (χ4n) is 3.82. The largest absolute Gasteiger partial charge is 0.397 e. The van der Waals surface area contributed by atoms with Crippen LogP contribution in [0.4, 0.5) is 11.4 Å². The number of carbonyl (C=O) groups excluding carboxylic acids is 1. The first kappa shape index (κ1) is 19.5. The summed E-state index contributed by atoms with van der Waals surface area (Å²) in [5.41, 5.74) is 17.8. The molecule has 6 nitrogen and oxygen atoms in total. The topological polar surface area (TPSA) is 98.1 Å². The lowest BCUT2D eigenvalue weighted by molar-refractivity contribution is 0.0989. The Balaban J connectivity index is 1.61. The minimum Gasteiger partial charge on any atom is -0.397 e. The average molecular weight is 408 g/mol. The van der Waals surface area contributed by atoms with Crippen molar-refractivity contribution in [2.24, 2.45) is 5.73 Å². The van der Waals surface area contributed by atoms with Crippen LogP contribution in [0.15, 0.2) is 41.4 Å². The maximum atomic E-state index is 13.1. The van der Waals surface area contributed by atoms with Gasteiger partial charge in [-0.05, 0) is 48.9 Å². The lowest BCUT2D eigenvalue weighted by Crippen LogP contribution is -2.43. The molecule has 1 fully saturated rings. The molecule has 1 aliphatic rings. The highest BCUT2D eigenvalue weighted by Gasteiger charge is 2.22. The molecular weight excluding hydrogens is 382 g/mol. The number of hydrogen-bond acceptors (Lipinski definition) is 7. The maximum Gasteiger partial charge on any atom is 0.187 e. The van der Waals surface area contributed by atoms with Crippen molar-refractivity contribution in [1.29, 1.82) is 0 Å². The molecule has 4 N–H and O–H groups in total. The van der Waals surface area contributed by atoms with E-state index in [1.165, 1.54) is 0 Å². The van der Waals surface area contributed by atoms with E-state index in [0.29, 0.717) is 11.4 Å². The Hall–Kier alpha value is -2.77. The molecule has 7 heteroatoms. The zero-order valence-electron chi connectivity index (χ0n) is 16.5. The van der Waals surface area contributed by atoms with Crippen LogP contribution in [0.2, 0.25) is 0 Å². The van der Waals surface area contributed by atoms with Gasteiger partial charge in [-0.1, -0.05) is 0 Å². The number of carbonyl (C=O) groups is 1. The van der Waals surface area contributed by atoms with E-state index in [4.69, 9.17) is 11.5 Å². The summed E-state index contributed by atoms with van der Waals surface area (Å²) in [5.74, 6) is -0.104. The van der Waals surface area contributed by atoms with Gasteiger partial charge in [-0.25, -0.2) is 4.98 Å². The molecular formula is C22H25N5OS. The molecule has 0 aliphatic carbocycles. The van der Waals surface area contributed by atoms with Crippen LogP contribution in [-0.2, 0) is 6.42 Å². The SMILES string of the molecule is Cc1cscc1-c1ccc(N)c(C(=O)Cc2cnccc2N2CCC[C@H](N)C2)n1. The molecule has 0 bridgehead atoms. The van der Waals surface area contributed by atoms with Crippen molar-refractivity contribution in [2.75, 3.05) is 23.7 Å². The van der Waals surface area contributed by atoms with E-state index in [0.717, 1.165) is 54.0 Å². The van der Waals surface area contributed by atoms with E-state index in [1.807, 2.05) is 24.4 Å². The normalized spacial score (nSPS) is 16.8. The molecule has 1 saturated heterocycles. The quantitative estimate of drug-likeness (QED) is 0.629. The van der Waals surface area contributed by atoms with E-state index in [9.17, 15) is 4.79 Å². The predicted octanol–water partition coefficient (Wildman–Crippen LogP) is 3.45. The van der Waals surface area contributed by atoms with Gasteiger partial charge in [0.1, 0.15) is 5.69 Å². The van der Waals surface area contributed by atoms with Crippen LogP contribution in [0, 0.1) is 6.92 Å². The average Bonchev–Trinajstić information content (AvgIpc) is 3.14. The highest BCUT2D eigenvalue weighted by Crippen LogP contribution is 2.28. The van der Waals surface area contributed by atoms with Gasteiger partial charge in [0.2, 0.25) is 0 Å². The van der Waals surface area contributed by atoms with Gasteiger partial charge in [-0.2, -0.15) is 11.3 Å². The second-order valence-corrected chi connectivity index (χ2v) is 8.30. The second kappa shape index (κ2) is 8.31. The fraction of sp³-hybridized carbons (Fsp3) is 0.318. The number of rotatable bonds is 5. The summed E-state index contributed by atoms with van der Waals surface area (Å²) in [6.45, 7) is 3.77. The van der Waals surface area contributed by atoms with Crippen molar-refractivity contribution >= 4 is 28.5 Å². The van der Waals surface area contributed by atoms with Crippen LogP contribution in [-0.4, -0.2) is 34.9 Å². The van der Waals surface area contributed by atoms with Gasteiger partial charge in [0.25, 0.3) is 0 Å². The number of piperidine rings is 1. The Morgan fingerprint density at radius 3 is 2.93 bits per heavy atom. The standard InChI is InChI=1S/C22H25N5OS/c1-14-12-29-13-17(14)19-5-4-18(24)22(26-19)21(28)9-15-10-25-7-6-20(15)27-8-2-3-16(23)11-27/h4-7,10,12-13,16H,2-3,8-9,11,23-24H2,1H3/t16-/m0/s1. The molecule has 4 rings (SSSR count). The first-order valence-electron chi connectivity index (χ1n) is 9.79. The molecule has 0 aromatic carbocycles. The number of nitrogens with two attached hydrogens (primary N) is 2. The molecule has 0 unspecified atom stereocenters. The Labute approximate surface area is 174 Å². The van der Waals surface area contributed by atoms with Gasteiger partial charge in [-0.15, -0.1) is 0 Å². The van der Waals surface area contributed by atoms with Crippen LogP contribution in [0.5, 0.6) is 0 Å². The van der Waals surface area contributed by atoms with E-state index >= 15 is 0 Å². The minimum absolute atomic E-state index is 0.104. The smallest absolute Gasteiger partial charge is 0.187 e. The maximum absolute atomic E-state index is 13.1. The van der Waals surface area contributed by atoms with Gasteiger partial charge < -0.3 is 16.4 Å². The van der Waals surface area contributed by atoms with Crippen LogP contribution in [0.3, 0.4) is 0 Å². The molecule has 0 spiro atoms. The van der Waals surface area contributed by atoms with E-state index in [-0.39, 0.29) is 18.2 Å². The van der Waals surface area contributed by atoms with Crippen molar-refractivity contribution < 1.29 is 4.79 Å². The summed E-state index contributed by atoms with van der Waals surface area (Å²) in [6.07, 6.45) is 5.81. The molecule has 150 valence electrons. The third-order valence-corrected chi connectivity index (χ3v) is 6.21. The molecule has 0 amide bonds. The van der Waals surface area contributed by atoms with Gasteiger partial charge in [-0.3, -0.25) is 9.78 Å². The van der Waals surface area contributed by atoms with Crippen LogP contribution >= 0.6 is 11.3 Å². The Morgan fingerprint density at radius 1 is 1.31 bits per heavy atom. The number of aromatic nitrogens is 2. The number of nitrogen functional groups attached to an aromatic ring is 1. The lowest BCUT2D eigenvalue weighted by atomic mass is 10.0. The van der Waals surface area contributed by atoms with E-state index < -0.39 is 0 Å². The van der Waals surface area contributed by atoms with Crippen LogP contribution < -0.4 is 16.4 Å². The summed E-state index contributed by atoms with van der Waals surface area (Å²) in [5, 5.41) is 4.11. The molecule has 3 aromatic rings. The lowest BCUT2D eigenvalue weighted by Gasteiger charge is -2.33. The predicted molar refractivity (Wildman–Crippen MR) is 118 cm³/mol. The van der Waals surface area contributed by atoms with E-state index in [1.54, 1.807) is 29.8 Å². The number of thiophene rings is 1. The van der Waals surface area contributed by atoms with E-state index in [2.05, 4.69) is 20.2 Å². The van der Waals surface area contributed by atoms with Gasteiger partial charge in [0, 0.05) is 60.1 Å². The molecule has 1 atom stereocenters. The van der Waals surface area contributed by atoms with Crippen molar-refractivity contribution in [3.05, 3.63) is 58.2 Å². The number of nitrogens with zero attached hydrogens (tertiary/aromatic N) is 3. The molecule has 0 radical (unpaired) electrons. The summed E-state index contributed by atoms with van der Waals surface area (Å²) in [4.78, 5) is 24.2. The Morgan fingerprint density at radius 2 is 2.17 bits per heavy atom. The van der Waals surface area contributed by atoms with Gasteiger partial charge in [0.05, 0.1) is 11.4 Å². The van der Waals surface area contributed by atoms with Gasteiger partial charge in [0.15, 0.2) is 5.78 Å². The number of ketones is 1. The third-order valence-electron chi connectivity index (χ3n) is 5.35. The van der Waals surface area contributed by atoms with Crippen molar-refractivity contribution in [2.45, 2.75) is 32.2 Å². The minimum atomic E-state index is -0.104. The summed E-state index contributed by atoms with van der Waals surface area (Å²) >= 11 is 1.62. The van der Waals surface area contributed by atoms with Crippen molar-refractivity contribution in [1.82, 2.24) is 9.97 Å². The third kappa shape index (κ3) is 4.16. The Bertz CT molecular complexity index is 1030. The number of Topliss-reactive ketones (excluding diaryl/α,β-unsaturated/α-hetero) is 1. The first-order valence-corrected chi connectivity index (χ1v) is 10.7. The highest BCUT2D eigenvalue weighted by atomic mass is 32.1. The monoisotopic (exact) mass is 407 g/mol. The molecule has 3 aromatic heterocycles. The summed E-state index contributed by atoms with van der Waals surface area (Å²) < 4.78 is 0. The second-order valence-electron chi connectivity index (χ2n) is 7.56. The zero-order valence-corrected chi connectivity index (χ0v) is 17.3. The molecule has 29 heavy (non-hydrogen) atoms. The van der Waals surface area contributed by atoms with Crippen molar-refractivity contribution in [3.63, 3.8) is 0 Å². The number of aryl methyl sites for hydroxylation is 1. The van der Waals surface area contributed by atoms with Crippen LogP contribution in [0.1, 0.15) is 34.5 Å². The number of anilines is 2. The molecule has 4 heterocycles. The zero-order chi connectivity index (χ0) is 20.4.